The maximum absolute atomic E-state index is 3.54. The minimum atomic E-state index is 0.838. The fourth-order valence-electron chi connectivity index (χ4n) is 1.51. The molecule has 0 aliphatic rings. The molecule has 16 heavy (non-hydrogen) atoms. The Morgan fingerprint density at radius 2 is 1.69 bits per heavy atom. The number of halogens is 1. The lowest BCUT2D eigenvalue weighted by Gasteiger charge is -2.08. The largest absolute Gasteiger partial charge is 0.381 e. The number of benzene rings is 2. The molecule has 0 aromatic heterocycles. The molecule has 0 aliphatic carbocycles. The normalized spacial score (nSPS) is 10.1. The fourth-order valence-corrected chi connectivity index (χ4v) is 1.94. The van der Waals surface area contributed by atoms with Gasteiger partial charge in [0.05, 0.1) is 0 Å². The van der Waals surface area contributed by atoms with Crippen LogP contribution in [-0.2, 0) is 6.54 Å². The van der Waals surface area contributed by atoms with Crippen molar-refractivity contribution in [1.82, 2.24) is 0 Å². The predicted molar refractivity (Wildman–Crippen MR) is 72.6 cm³/mol. The van der Waals surface area contributed by atoms with Crippen molar-refractivity contribution in [2.45, 2.75) is 13.5 Å². The summed E-state index contributed by atoms with van der Waals surface area (Å²) >= 11 is 3.54. The Morgan fingerprint density at radius 1 is 1.00 bits per heavy atom. The minimum Gasteiger partial charge on any atom is -0.381 e. The number of aryl methyl sites for hydroxylation is 1. The first-order valence-electron chi connectivity index (χ1n) is 5.29. The van der Waals surface area contributed by atoms with Gasteiger partial charge < -0.3 is 5.32 Å². The lowest BCUT2D eigenvalue weighted by atomic mass is 10.2. The van der Waals surface area contributed by atoms with E-state index in [1.807, 2.05) is 6.07 Å². The van der Waals surface area contributed by atoms with Crippen LogP contribution in [0, 0.1) is 6.92 Å². The first-order valence-corrected chi connectivity index (χ1v) is 6.09. The number of anilines is 1. The molecule has 2 aromatic rings. The highest BCUT2D eigenvalue weighted by Crippen LogP contribution is 2.17. The van der Waals surface area contributed by atoms with Gasteiger partial charge in [0.15, 0.2) is 0 Å². The summed E-state index contributed by atoms with van der Waals surface area (Å²) in [5, 5.41) is 3.40. The van der Waals surface area contributed by atoms with Crippen molar-refractivity contribution in [3.8, 4) is 0 Å². The maximum Gasteiger partial charge on any atom is 0.0411 e. The van der Waals surface area contributed by atoms with Crippen LogP contribution in [0.2, 0.25) is 0 Å². The Labute approximate surface area is 105 Å². The van der Waals surface area contributed by atoms with Crippen molar-refractivity contribution in [2.75, 3.05) is 5.32 Å². The van der Waals surface area contributed by atoms with Crippen LogP contribution in [0.4, 0.5) is 5.69 Å². The SMILES string of the molecule is Cc1ccc(NCc2ccccc2Br)cc1. The van der Waals surface area contributed by atoms with E-state index in [4.69, 9.17) is 0 Å². The van der Waals surface area contributed by atoms with Gasteiger partial charge in [0.1, 0.15) is 0 Å². The van der Waals surface area contributed by atoms with E-state index < -0.39 is 0 Å². The number of rotatable bonds is 3. The molecule has 0 saturated heterocycles. The molecule has 2 aromatic carbocycles. The van der Waals surface area contributed by atoms with Crippen LogP contribution < -0.4 is 5.32 Å². The molecule has 0 atom stereocenters. The summed E-state index contributed by atoms with van der Waals surface area (Å²) in [5.41, 5.74) is 3.70. The number of nitrogens with one attached hydrogen (secondary N) is 1. The van der Waals surface area contributed by atoms with E-state index in [1.54, 1.807) is 0 Å². The van der Waals surface area contributed by atoms with Gasteiger partial charge in [-0.05, 0) is 30.7 Å². The number of hydrogen-bond acceptors (Lipinski definition) is 1. The summed E-state index contributed by atoms with van der Waals surface area (Å²) in [7, 11) is 0. The van der Waals surface area contributed by atoms with E-state index in [9.17, 15) is 0 Å². The van der Waals surface area contributed by atoms with E-state index in [2.05, 4.69) is 70.6 Å². The molecule has 2 rings (SSSR count). The van der Waals surface area contributed by atoms with E-state index in [-0.39, 0.29) is 0 Å². The highest BCUT2D eigenvalue weighted by molar-refractivity contribution is 9.10. The summed E-state index contributed by atoms with van der Waals surface area (Å²) in [5.74, 6) is 0. The van der Waals surface area contributed by atoms with Gasteiger partial charge in [-0.25, -0.2) is 0 Å². The standard InChI is InChI=1S/C14H14BrN/c1-11-6-8-13(9-7-11)16-10-12-4-2-3-5-14(12)15/h2-9,16H,10H2,1H3. The smallest absolute Gasteiger partial charge is 0.0411 e. The first kappa shape index (κ1) is 11.2. The summed E-state index contributed by atoms with van der Waals surface area (Å²) < 4.78 is 1.15. The fraction of sp³-hybridized carbons (Fsp3) is 0.143. The van der Waals surface area contributed by atoms with Gasteiger partial charge in [-0.15, -0.1) is 0 Å². The second-order valence-electron chi connectivity index (χ2n) is 3.81. The lowest BCUT2D eigenvalue weighted by molar-refractivity contribution is 1.14. The highest BCUT2D eigenvalue weighted by atomic mass is 79.9. The molecular formula is C14H14BrN. The van der Waals surface area contributed by atoms with E-state index >= 15 is 0 Å². The molecule has 0 unspecified atom stereocenters. The van der Waals surface area contributed by atoms with Crippen molar-refractivity contribution in [2.24, 2.45) is 0 Å². The molecule has 1 nitrogen and oxygen atoms in total. The van der Waals surface area contributed by atoms with Gasteiger partial charge in [-0.3, -0.25) is 0 Å². The van der Waals surface area contributed by atoms with Crippen LogP contribution in [0.25, 0.3) is 0 Å². The Bertz CT molecular complexity index is 462. The molecule has 0 aliphatic heterocycles. The summed E-state index contributed by atoms with van der Waals surface area (Å²) in [6.45, 7) is 2.93. The quantitative estimate of drug-likeness (QED) is 0.877. The molecule has 0 fully saturated rings. The van der Waals surface area contributed by atoms with Crippen LogP contribution >= 0.6 is 15.9 Å². The zero-order chi connectivity index (χ0) is 11.4. The molecule has 0 spiro atoms. The first-order chi connectivity index (χ1) is 7.75. The van der Waals surface area contributed by atoms with Crippen LogP contribution in [0.3, 0.4) is 0 Å². The average molecular weight is 276 g/mol. The van der Waals surface area contributed by atoms with Crippen molar-refractivity contribution in [1.29, 1.82) is 0 Å². The second kappa shape index (κ2) is 5.17. The van der Waals surface area contributed by atoms with Crippen LogP contribution in [0.5, 0.6) is 0 Å². The van der Waals surface area contributed by atoms with Crippen LogP contribution in [0.1, 0.15) is 11.1 Å². The summed E-state index contributed by atoms with van der Waals surface area (Å²) in [4.78, 5) is 0. The zero-order valence-electron chi connectivity index (χ0n) is 9.20. The highest BCUT2D eigenvalue weighted by Gasteiger charge is 1.97. The molecule has 82 valence electrons. The van der Waals surface area contributed by atoms with Crippen molar-refractivity contribution < 1.29 is 0 Å². The molecule has 0 bridgehead atoms. The Morgan fingerprint density at radius 3 is 2.38 bits per heavy atom. The molecule has 1 N–H and O–H groups in total. The lowest BCUT2D eigenvalue weighted by Crippen LogP contribution is -1.99. The van der Waals surface area contributed by atoms with Crippen LogP contribution in [-0.4, -0.2) is 0 Å². The minimum absolute atomic E-state index is 0.838. The molecular weight excluding hydrogens is 262 g/mol. The molecule has 0 amide bonds. The van der Waals surface area contributed by atoms with Gasteiger partial charge in [0.25, 0.3) is 0 Å². The monoisotopic (exact) mass is 275 g/mol. The van der Waals surface area contributed by atoms with Gasteiger partial charge in [-0.2, -0.15) is 0 Å². The second-order valence-corrected chi connectivity index (χ2v) is 4.67. The van der Waals surface area contributed by atoms with Crippen molar-refractivity contribution in [3.05, 3.63) is 64.1 Å². The zero-order valence-corrected chi connectivity index (χ0v) is 10.8. The third-order valence-corrected chi connectivity index (χ3v) is 3.27. The van der Waals surface area contributed by atoms with Crippen molar-refractivity contribution >= 4 is 21.6 Å². The molecule has 0 radical (unpaired) electrons. The summed E-state index contributed by atoms with van der Waals surface area (Å²) in [6.07, 6.45) is 0. The maximum atomic E-state index is 3.54. The average Bonchev–Trinajstić information content (AvgIpc) is 2.30. The Hall–Kier alpha value is -1.28. The van der Waals surface area contributed by atoms with Gasteiger partial charge in [-0.1, -0.05) is 51.8 Å². The Balaban J connectivity index is 2.02. The van der Waals surface area contributed by atoms with Gasteiger partial charge in [0.2, 0.25) is 0 Å². The van der Waals surface area contributed by atoms with E-state index in [1.165, 1.54) is 11.1 Å². The predicted octanol–water partition coefficient (Wildman–Crippen LogP) is 4.37. The van der Waals surface area contributed by atoms with E-state index in [0.29, 0.717) is 0 Å². The molecule has 0 saturated carbocycles. The Kier molecular flexibility index (Phi) is 3.62. The molecule has 0 heterocycles. The van der Waals surface area contributed by atoms with Crippen molar-refractivity contribution in [3.63, 3.8) is 0 Å². The van der Waals surface area contributed by atoms with E-state index in [0.717, 1.165) is 16.7 Å². The van der Waals surface area contributed by atoms with Crippen LogP contribution in [0.15, 0.2) is 53.0 Å². The third kappa shape index (κ3) is 2.86. The summed E-state index contributed by atoms with van der Waals surface area (Å²) in [6, 6.07) is 16.7. The van der Waals surface area contributed by atoms with Gasteiger partial charge in [0, 0.05) is 16.7 Å². The molecule has 2 heteroatoms. The van der Waals surface area contributed by atoms with Gasteiger partial charge >= 0.3 is 0 Å². The third-order valence-electron chi connectivity index (χ3n) is 2.49. The topological polar surface area (TPSA) is 12.0 Å². The number of hydrogen-bond donors (Lipinski definition) is 1.